The van der Waals surface area contributed by atoms with Crippen molar-refractivity contribution in [3.8, 4) is 28.7 Å². The van der Waals surface area contributed by atoms with Crippen LogP contribution in [0.5, 0.6) is 28.7 Å². The van der Waals surface area contributed by atoms with Crippen LogP contribution in [-0.4, -0.2) is 45.5 Å². The number of ether oxygens (including phenoxy) is 5. The van der Waals surface area contributed by atoms with Crippen LogP contribution in [0.1, 0.15) is 22.8 Å². The molecule has 0 radical (unpaired) electrons. The molecule has 9 heteroatoms. The molecule has 0 aliphatic rings. The summed E-state index contributed by atoms with van der Waals surface area (Å²) in [6, 6.07) is 18.6. The third-order valence-electron chi connectivity index (χ3n) is 4.61. The van der Waals surface area contributed by atoms with E-state index >= 15 is 0 Å². The summed E-state index contributed by atoms with van der Waals surface area (Å²) >= 11 is 0. The van der Waals surface area contributed by atoms with Crippen molar-refractivity contribution in [2.45, 2.75) is 6.92 Å². The molecule has 0 aliphatic carbocycles. The van der Waals surface area contributed by atoms with Gasteiger partial charge in [-0.2, -0.15) is 5.10 Å². The number of benzene rings is 3. The molecule has 0 heterocycles. The number of rotatable bonds is 11. The zero-order chi connectivity index (χ0) is 25.0. The highest BCUT2D eigenvalue weighted by Gasteiger charge is 2.16. The highest BCUT2D eigenvalue weighted by Crippen LogP contribution is 2.31. The van der Waals surface area contributed by atoms with Crippen LogP contribution in [0.15, 0.2) is 71.8 Å². The van der Waals surface area contributed by atoms with Crippen molar-refractivity contribution >= 4 is 18.1 Å². The minimum absolute atomic E-state index is 0.170. The molecular formula is C26H26N2O7. The predicted octanol–water partition coefficient (Wildman–Crippen LogP) is 3.85. The van der Waals surface area contributed by atoms with Gasteiger partial charge >= 0.3 is 5.97 Å². The maximum atomic E-state index is 12.7. The van der Waals surface area contributed by atoms with Gasteiger partial charge in [0.25, 0.3) is 5.91 Å². The molecule has 3 aromatic carbocycles. The summed E-state index contributed by atoms with van der Waals surface area (Å²) in [4.78, 5) is 24.6. The normalized spacial score (nSPS) is 10.5. The summed E-state index contributed by atoms with van der Waals surface area (Å²) in [6.07, 6.45) is 1.45. The summed E-state index contributed by atoms with van der Waals surface area (Å²) in [5.41, 5.74) is 3.32. The van der Waals surface area contributed by atoms with Crippen LogP contribution >= 0.6 is 0 Å². The second kappa shape index (κ2) is 12.6. The number of hydrogen-bond acceptors (Lipinski definition) is 8. The Morgan fingerprint density at radius 1 is 0.857 bits per heavy atom. The number of carbonyl (C=O) groups excluding carboxylic acids is 2. The Hall–Kier alpha value is -4.53. The summed E-state index contributed by atoms with van der Waals surface area (Å²) in [7, 11) is 3.00. The first-order valence-electron chi connectivity index (χ1n) is 10.7. The minimum atomic E-state index is -0.584. The molecule has 35 heavy (non-hydrogen) atoms. The van der Waals surface area contributed by atoms with E-state index in [1.165, 1.54) is 26.5 Å². The van der Waals surface area contributed by atoms with Crippen molar-refractivity contribution in [3.05, 3.63) is 77.9 Å². The standard InChI is InChI=1S/C26H26N2O7/c1-4-33-24-14-18(16-27-28-25(29)17-34-20-8-6-5-7-9-20)10-12-22(24)35-26(30)19-11-13-21(31-2)23(15-19)32-3/h5-16H,4,17H2,1-3H3,(H,28,29). The first kappa shape index (κ1) is 25.1. The van der Waals surface area contributed by atoms with Gasteiger partial charge in [0.05, 0.1) is 32.6 Å². The molecule has 0 saturated heterocycles. The van der Waals surface area contributed by atoms with Crippen LogP contribution in [0.3, 0.4) is 0 Å². The van der Waals surface area contributed by atoms with Crippen LogP contribution in [0.4, 0.5) is 0 Å². The molecule has 3 rings (SSSR count). The van der Waals surface area contributed by atoms with Crippen LogP contribution in [0, 0.1) is 0 Å². The molecule has 1 amide bonds. The highest BCUT2D eigenvalue weighted by molar-refractivity contribution is 5.92. The molecule has 0 bridgehead atoms. The van der Waals surface area contributed by atoms with Crippen molar-refractivity contribution in [2.24, 2.45) is 5.10 Å². The Morgan fingerprint density at radius 2 is 1.60 bits per heavy atom. The fraction of sp³-hybridized carbons (Fsp3) is 0.192. The van der Waals surface area contributed by atoms with E-state index in [0.29, 0.717) is 35.2 Å². The molecule has 182 valence electrons. The molecule has 0 atom stereocenters. The first-order valence-corrected chi connectivity index (χ1v) is 10.7. The van der Waals surface area contributed by atoms with Crippen LogP contribution in [0.2, 0.25) is 0 Å². The topological polar surface area (TPSA) is 105 Å². The molecule has 0 aliphatic heterocycles. The Bertz CT molecular complexity index is 1180. The molecule has 0 unspecified atom stereocenters. The number of nitrogens with one attached hydrogen (secondary N) is 1. The quantitative estimate of drug-likeness (QED) is 0.193. The Labute approximate surface area is 203 Å². The lowest BCUT2D eigenvalue weighted by molar-refractivity contribution is -0.123. The second-order valence-electron chi connectivity index (χ2n) is 6.99. The number of hydrogen-bond donors (Lipinski definition) is 1. The summed E-state index contributed by atoms with van der Waals surface area (Å²) in [5, 5.41) is 3.94. The number of methoxy groups -OCH3 is 2. The predicted molar refractivity (Wildman–Crippen MR) is 130 cm³/mol. The van der Waals surface area contributed by atoms with E-state index in [0.717, 1.165) is 0 Å². The summed E-state index contributed by atoms with van der Waals surface area (Å²) in [5.74, 6) is 1.10. The van der Waals surface area contributed by atoms with E-state index in [4.69, 9.17) is 23.7 Å². The third kappa shape index (κ3) is 7.23. The third-order valence-corrected chi connectivity index (χ3v) is 4.61. The number of carbonyl (C=O) groups is 2. The molecule has 0 aromatic heterocycles. The SMILES string of the molecule is CCOc1cc(C=NNC(=O)COc2ccccc2)ccc1OC(=O)c1ccc(OC)c(OC)c1. The van der Waals surface area contributed by atoms with Gasteiger partial charge in [-0.25, -0.2) is 10.2 Å². The van der Waals surface area contributed by atoms with Crippen LogP contribution < -0.4 is 29.1 Å². The molecule has 1 N–H and O–H groups in total. The van der Waals surface area contributed by atoms with Gasteiger partial charge in [-0.1, -0.05) is 18.2 Å². The zero-order valence-corrected chi connectivity index (χ0v) is 19.6. The average molecular weight is 479 g/mol. The second-order valence-corrected chi connectivity index (χ2v) is 6.99. The van der Waals surface area contributed by atoms with Gasteiger partial charge in [-0.15, -0.1) is 0 Å². The van der Waals surface area contributed by atoms with Crippen LogP contribution in [0.25, 0.3) is 0 Å². The lowest BCUT2D eigenvalue weighted by Crippen LogP contribution is -2.24. The van der Waals surface area contributed by atoms with E-state index in [2.05, 4.69) is 10.5 Å². The van der Waals surface area contributed by atoms with E-state index in [1.54, 1.807) is 42.5 Å². The first-order chi connectivity index (χ1) is 17.0. The van der Waals surface area contributed by atoms with Gasteiger partial charge in [0.1, 0.15) is 5.75 Å². The Kier molecular flexibility index (Phi) is 9.07. The van der Waals surface area contributed by atoms with Crippen molar-refractivity contribution in [1.29, 1.82) is 0 Å². The molecule has 0 spiro atoms. The van der Waals surface area contributed by atoms with Gasteiger partial charge in [0.2, 0.25) is 0 Å². The van der Waals surface area contributed by atoms with Gasteiger partial charge in [-0.05, 0) is 61.0 Å². The number of nitrogens with zero attached hydrogens (tertiary/aromatic N) is 1. The van der Waals surface area contributed by atoms with Crippen molar-refractivity contribution in [1.82, 2.24) is 5.43 Å². The Balaban J connectivity index is 1.63. The lowest BCUT2D eigenvalue weighted by atomic mass is 10.2. The van der Waals surface area contributed by atoms with Gasteiger partial charge in [0.15, 0.2) is 29.6 Å². The van der Waals surface area contributed by atoms with Crippen molar-refractivity contribution < 1.29 is 33.3 Å². The smallest absolute Gasteiger partial charge is 0.343 e. The fourth-order valence-electron chi connectivity index (χ4n) is 2.96. The number of para-hydroxylation sites is 1. The average Bonchev–Trinajstić information content (AvgIpc) is 2.89. The van der Waals surface area contributed by atoms with E-state index in [9.17, 15) is 9.59 Å². The van der Waals surface area contributed by atoms with Gasteiger partial charge in [-0.3, -0.25) is 4.79 Å². The molecule has 3 aromatic rings. The summed E-state index contributed by atoms with van der Waals surface area (Å²) in [6.45, 7) is 2.00. The molecular weight excluding hydrogens is 452 g/mol. The van der Waals surface area contributed by atoms with Crippen molar-refractivity contribution in [2.75, 3.05) is 27.4 Å². The zero-order valence-electron chi connectivity index (χ0n) is 19.6. The fourth-order valence-corrected chi connectivity index (χ4v) is 2.96. The maximum absolute atomic E-state index is 12.7. The Morgan fingerprint density at radius 3 is 2.31 bits per heavy atom. The maximum Gasteiger partial charge on any atom is 0.343 e. The monoisotopic (exact) mass is 478 g/mol. The van der Waals surface area contributed by atoms with E-state index in [1.807, 2.05) is 25.1 Å². The van der Waals surface area contributed by atoms with Crippen LogP contribution in [-0.2, 0) is 4.79 Å². The van der Waals surface area contributed by atoms with Gasteiger partial charge < -0.3 is 23.7 Å². The number of esters is 1. The van der Waals surface area contributed by atoms with Gasteiger partial charge in [0, 0.05) is 0 Å². The lowest BCUT2D eigenvalue weighted by Gasteiger charge is -2.12. The number of hydrazone groups is 1. The minimum Gasteiger partial charge on any atom is -0.493 e. The van der Waals surface area contributed by atoms with E-state index in [-0.39, 0.29) is 17.9 Å². The molecule has 0 fully saturated rings. The summed E-state index contributed by atoms with van der Waals surface area (Å²) < 4.78 is 27.0. The van der Waals surface area contributed by atoms with Crippen molar-refractivity contribution in [3.63, 3.8) is 0 Å². The highest BCUT2D eigenvalue weighted by atomic mass is 16.6. The molecule has 0 saturated carbocycles. The largest absolute Gasteiger partial charge is 0.493 e. The van der Waals surface area contributed by atoms with E-state index < -0.39 is 11.9 Å². The molecule has 9 nitrogen and oxygen atoms in total. The number of amides is 1.